The summed E-state index contributed by atoms with van der Waals surface area (Å²) in [5.41, 5.74) is 2.26. The Labute approximate surface area is 203 Å². The number of nitrogens with one attached hydrogen (secondary N) is 1. The molecule has 0 spiro atoms. The molecular weight excluding hydrogens is 510 g/mol. The van der Waals surface area contributed by atoms with Gasteiger partial charge >= 0.3 is 0 Å². The summed E-state index contributed by atoms with van der Waals surface area (Å²) >= 11 is 9.48. The standard InChI is InChI=1S/C24H17BrClN3O4/c1-15-5-7-20(12-22(15)26)28-24(30)18(13-27)10-17-11-19(25)6-8-23(17)33-14-16-3-2-4-21(9-16)29(31)32/h2-12H,14H2,1H3,(H,28,30)/b18-10-. The molecular formula is C24H17BrClN3O4. The van der Waals surface area contributed by atoms with E-state index >= 15 is 0 Å². The average Bonchev–Trinajstić information content (AvgIpc) is 2.79. The van der Waals surface area contributed by atoms with Crippen molar-refractivity contribution in [2.75, 3.05) is 5.32 Å². The molecule has 0 radical (unpaired) electrons. The summed E-state index contributed by atoms with van der Waals surface area (Å²) in [5, 5.41) is 23.7. The summed E-state index contributed by atoms with van der Waals surface area (Å²) in [6.07, 6.45) is 1.42. The van der Waals surface area contributed by atoms with E-state index in [1.165, 1.54) is 18.2 Å². The summed E-state index contributed by atoms with van der Waals surface area (Å²) < 4.78 is 6.56. The number of amides is 1. The minimum Gasteiger partial charge on any atom is -0.488 e. The van der Waals surface area contributed by atoms with Gasteiger partial charge in [-0.25, -0.2) is 0 Å². The number of aryl methyl sites for hydroxylation is 1. The number of ether oxygens (including phenoxy) is 1. The molecule has 33 heavy (non-hydrogen) atoms. The summed E-state index contributed by atoms with van der Waals surface area (Å²) in [6, 6.07) is 18.2. The third-order valence-electron chi connectivity index (χ3n) is 4.58. The van der Waals surface area contributed by atoms with Crippen LogP contribution in [0.1, 0.15) is 16.7 Å². The second-order valence-corrected chi connectivity index (χ2v) is 8.31. The van der Waals surface area contributed by atoms with Gasteiger partial charge in [0, 0.05) is 32.9 Å². The number of nitrogens with zero attached hydrogens (tertiary/aromatic N) is 2. The lowest BCUT2D eigenvalue weighted by Gasteiger charge is -2.11. The number of halogens is 2. The van der Waals surface area contributed by atoms with Crippen LogP contribution in [-0.2, 0) is 11.4 Å². The van der Waals surface area contributed by atoms with Crippen molar-refractivity contribution < 1.29 is 14.5 Å². The van der Waals surface area contributed by atoms with E-state index in [0.717, 1.165) is 10.0 Å². The van der Waals surface area contributed by atoms with Crippen molar-refractivity contribution >= 4 is 50.9 Å². The van der Waals surface area contributed by atoms with E-state index in [4.69, 9.17) is 16.3 Å². The molecule has 0 aliphatic carbocycles. The first-order valence-corrected chi connectivity index (χ1v) is 10.8. The van der Waals surface area contributed by atoms with Gasteiger partial charge in [-0.2, -0.15) is 5.26 Å². The number of nitriles is 1. The second kappa shape index (κ2) is 10.8. The van der Waals surface area contributed by atoms with E-state index in [1.807, 2.05) is 13.0 Å². The van der Waals surface area contributed by atoms with Crippen molar-refractivity contribution in [3.05, 3.63) is 103 Å². The Bertz CT molecular complexity index is 1300. The van der Waals surface area contributed by atoms with Crippen LogP contribution in [-0.4, -0.2) is 10.8 Å². The molecule has 0 atom stereocenters. The summed E-state index contributed by atoms with van der Waals surface area (Å²) in [6.45, 7) is 1.91. The van der Waals surface area contributed by atoms with Gasteiger partial charge in [-0.15, -0.1) is 0 Å². The van der Waals surface area contributed by atoms with Gasteiger partial charge in [-0.05, 0) is 54.5 Å². The van der Waals surface area contributed by atoms with Crippen LogP contribution < -0.4 is 10.1 Å². The molecule has 7 nitrogen and oxygen atoms in total. The zero-order chi connectivity index (χ0) is 24.0. The quantitative estimate of drug-likeness (QED) is 0.165. The largest absolute Gasteiger partial charge is 0.488 e. The third-order valence-corrected chi connectivity index (χ3v) is 5.48. The lowest BCUT2D eigenvalue weighted by Crippen LogP contribution is -2.13. The molecule has 3 rings (SSSR count). The fourth-order valence-corrected chi connectivity index (χ4v) is 3.42. The fraction of sp³-hybridized carbons (Fsp3) is 0.0833. The van der Waals surface area contributed by atoms with Crippen molar-refractivity contribution in [2.24, 2.45) is 0 Å². The van der Waals surface area contributed by atoms with Crippen molar-refractivity contribution in [1.82, 2.24) is 0 Å². The molecule has 0 aliphatic rings. The van der Waals surface area contributed by atoms with Crippen molar-refractivity contribution in [2.45, 2.75) is 13.5 Å². The maximum Gasteiger partial charge on any atom is 0.269 e. The van der Waals surface area contributed by atoms with E-state index in [1.54, 1.807) is 48.5 Å². The minimum absolute atomic E-state index is 0.0355. The first kappa shape index (κ1) is 24.0. The molecule has 0 unspecified atom stereocenters. The van der Waals surface area contributed by atoms with Crippen LogP contribution in [0.3, 0.4) is 0 Å². The molecule has 0 bridgehead atoms. The highest BCUT2D eigenvalue weighted by atomic mass is 79.9. The topological polar surface area (TPSA) is 105 Å². The molecule has 1 N–H and O–H groups in total. The number of benzene rings is 3. The van der Waals surface area contributed by atoms with Gasteiger partial charge in [0.2, 0.25) is 0 Å². The third kappa shape index (κ3) is 6.42. The van der Waals surface area contributed by atoms with Crippen LogP contribution in [0, 0.1) is 28.4 Å². The summed E-state index contributed by atoms with van der Waals surface area (Å²) in [7, 11) is 0. The highest BCUT2D eigenvalue weighted by Gasteiger charge is 2.13. The van der Waals surface area contributed by atoms with Crippen LogP contribution in [0.5, 0.6) is 5.75 Å². The molecule has 0 saturated heterocycles. The molecule has 9 heteroatoms. The number of non-ortho nitro benzene ring substituents is 1. The fourth-order valence-electron chi connectivity index (χ4n) is 2.86. The molecule has 0 fully saturated rings. The Morgan fingerprint density at radius 1 is 1.24 bits per heavy atom. The first-order valence-electron chi connectivity index (χ1n) is 9.62. The van der Waals surface area contributed by atoms with Gasteiger partial charge in [0.05, 0.1) is 4.92 Å². The lowest BCUT2D eigenvalue weighted by atomic mass is 10.1. The number of nitro benzene ring substituents is 1. The predicted octanol–water partition coefficient (Wildman–Crippen LogP) is 6.44. The van der Waals surface area contributed by atoms with E-state index in [9.17, 15) is 20.2 Å². The molecule has 0 aromatic heterocycles. The van der Waals surface area contributed by atoms with E-state index in [-0.39, 0.29) is 17.9 Å². The summed E-state index contributed by atoms with van der Waals surface area (Å²) in [4.78, 5) is 23.2. The Hall–Kier alpha value is -3.67. The van der Waals surface area contributed by atoms with E-state index < -0.39 is 10.8 Å². The van der Waals surface area contributed by atoms with Crippen LogP contribution >= 0.6 is 27.5 Å². The number of nitro groups is 1. The average molecular weight is 527 g/mol. The normalized spacial score (nSPS) is 10.9. The highest BCUT2D eigenvalue weighted by molar-refractivity contribution is 9.10. The van der Waals surface area contributed by atoms with Crippen LogP contribution in [0.2, 0.25) is 5.02 Å². The molecule has 0 heterocycles. The zero-order valence-electron chi connectivity index (χ0n) is 17.3. The number of carbonyl (C=O) groups is 1. The number of carbonyl (C=O) groups excluding carboxylic acids is 1. The molecule has 166 valence electrons. The summed E-state index contributed by atoms with van der Waals surface area (Å²) in [5.74, 6) is -0.189. The van der Waals surface area contributed by atoms with Crippen LogP contribution in [0.4, 0.5) is 11.4 Å². The van der Waals surface area contributed by atoms with Gasteiger partial charge in [0.1, 0.15) is 24.0 Å². The minimum atomic E-state index is -0.595. The van der Waals surface area contributed by atoms with Crippen molar-refractivity contribution in [1.29, 1.82) is 5.26 Å². The number of hydrogen-bond acceptors (Lipinski definition) is 5. The Kier molecular flexibility index (Phi) is 7.83. The van der Waals surface area contributed by atoms with E-state index in [2.05, 4.69) is 21.2 Å². The Morgan fingerprint density at radius 2 is 2.03 bits per heavy atom. The Morgan fingerprint density at radius 3 is 2.73 bits per heavy atom. The lowest BCUT2D eigenvalue weighted by molar-refractivity contribution is -0.384. The first-order chi connectivity index (χ1) is 15.8. The van der Waals surface area contributed by atoms with Gasteiger partial charge in [-0.3, -0.25) is 14.9 Å². The van der Waals surface area contributed by atoms with Gasteiger partial charge in [-0.1, -0.05) is 45.7 Å². The van der Waals surface area contributed by atoms with Crippen LogP contribution in [0.15, 0.2) is 70.7 Å². The molecule has 0 aliphatic heterocycles. The number of rotatable bonds is 7. The Balaban J connectivity index is 1.83. The molecule has 1 amide bonds. The molecule has 3 aromatic carbocycles. The second-order valence-electron chi connectivity index (χ2n) is 6.99. The molecule has 0 saturated carbocycles. The maximum atomic E-state index is 12.7. The zero-order valence-corrected chi connectivity index (χ0v) is 19.7. The van der Waals surface area contributed by atoms with Crippen molar-refractivity contribution in [3.63, 3.8) is 0 Å². The number of anilines is 1. The van der Waals surface area contributed by atoms with Gasteiger partial charge in [0.25, 0.3) is 11.6 Å². The van der Waals surface area contributed by atoms with E-state index in [0.29, 0.717) is 27.6 Å². The highest BCUT2D eigenvalue weighted by Crippen LogP contribution is 2.27. The maximum absolute atomic E-state index is 12.7. The van der Waals surface area contributed by atoms with Gasteiger partial charge in [0.15, 0.2) is 0 Å². The van der Waals surface area contributed by atoms with Crippen molar-refractivity contribution in [3.8, 4) is 11.8 Å². The van der Waals surface area contributed by atoms with Crippen LogP contribution in [0.25, 0.3) is 6.08 Å². The SMILES string of the molecule is Cc1ccc(NC(=O)/C(C#N)=C\c2cc(Br)ccc2OCc2cccc([N+](=O)[O-])c2)cc1Cl. The molecule has 3 aromatic rings. The smallest absolute Gasteiger partial charge is 0.269 e. The monoisotopic (exact) mass is 525 g/mol. The number of hydrogen-bond donors (Lipinski definition) is 1. The predicted molar refractivity (Wildman–Crippen MR) is 130 cm³/mol. The van der Waals surface area contributed by atoms with Gasteiger partial charge < -0.3 is 10.1 Å².